The van der Waals surface area contributed by atoms with Crippen LogP contribution in [-0.2, 0) is 19.4 Å². The summed E-state index contributed by atoms with van der Waals surface area (Å²) in [6.45, 7) is 4.17. The molecule has 0 aliphatic carbocycles. The predicted octanol–water partition coefficient (Wildman–Crippen LogP) is 3.82. The van der Waals surface area contributed by atoms with E-state index in [9.17, 15) is 8.78 Å². The van der Waals surface area contributed by atoms with E-state index >= 15 is 0 Å². The second kappa shape index (κ2) is 10.4. The second-order valence-corrected chi connectivity index (χ2v) is 6.15. The molecular formula is C20H24F2IN3O. The van der Waals surface area contributed by atoms with Crippen molar-refractivity contribution in [1.82, 2.24) is 10.6 Å². The number of nitrogens with zero attached hydrogens (tertiary/aromatic N) is 1. The molecule has 0 unspecified atom stereocenters. The quantitative estimate of drug-likeness (QED) is 0.370. The average molecular weight is 487 g/mol. The number of fused-ring (bicyclic) bond motifs is 1. The highest BCUT2D eigenvalue weighted by Crippen LogP contribution is 2.25. The number of ether oxygens (including phenoxy) is 1. The van der Waals surface area contributed by atoms with Gasteiger partial charge in [-0.2, -0.15) is 0 Å². The van der Waals surface area contributed by atoms with Crippen LogP contribution in [0.25, 0.3) is 0 Å². The van der Waals surface area contributed by atoms with Crippen molar-refractivity contribution in [3.63, 3.8) is 0 Å². The first-order valence-corrected chi connectivity index (χ1v) is 8.86. The van der Waals surface area contributed by atoms with Crippen molar-refractivity contribution >= 4 is 29.9 Å². The molecule has 146 valence electrons. The normalized spacial score (nSPS) is 12.8. The topological polar surface area (TPSA) is 45.7 Å². The number of halogens is 3. The van der Waals surface area contributed by atoms with Crippen molar-refractivity contribution in [3.05, 3.63) is 64.7 Å². The highest BCUT2D eigenvalue weighted by molar-refractivity contribution is 14.0. The van der Waals surface area contributed by atoms with E-state index in [0.717, 1.165) is 37.3 Å². The third-order valence-electron chi connectivity index (χ3n) is 4.22. The molecule has 27 heavy (non-hydrogen) atoms. The average Bonchev–Trinajstić information content (AvgIpc) is 3.10. The van der Waals surface area contributed by atoms with Crippen LogP contribution in [-0.4, -0.2) is 25.7 Å². The summed E-state index contributed by atoms with van der Waals surface area (Å²) in [7, 11) is 0. The van der Waals surface area contributed by atoms with E-state index < -0.39 is 11.6 Å². The lowest BCUT2D eigenvalue weighted by atomic mass is 10.1. The van der Waals surface area contributed by atoms with Crippen LogP contribution in [0.15, 0.2) is 41.4 Å². The Hall–Kier alpha value is -1.90. The van der Waals surface area contributed by atoms with Gasteiger partial charge in [-0.1, -0.05) is 12.1 Å². The molecular weight excluding hydrogens is 463 g/mol. The molecule has 3 rings (SSSR count). The third kappa shape index (κ3) is 6.05. The molecule has 0 spiro atoms. The van der Waals surface area contributed by atoms with Gasteiger partial charge in [0.1, 0.15) is 17.4 Å². The number of aliphatic imine (C=N–C) groups is 1. The van der Waals surface area contributed by atoms with Crippen molar-refractivity contribution in [1.29, 1.82) is 0 Å². The molecule has 0 bridgehead atoms. The van der Waals surface area contributed by atoms with Crippen molar-refractivity contribution in [2.24, 2.45) is 4.99 Å². The minimum atomic E-state index is -0.463. The van der Waals surface area contributed by atoms with Gasteiger partial charge >= 0.3 is 0 Å². The van der Waals surface area contributed by atoms with Crippen molar-refractivity contribution in [2.45, 2.75) is 26.3 Å². The smallest absolute Gasteiger partial charge is 0.191 e. The number of nitrogens with one attached hydrogen (secondary N) is 2. The van der Waals surface area contributed by atoms with Gasteiger partial charge in [0.15, 0.2) is 5.96 Å². The number of hydrogen-bond acceptors (Lipinski definition) is 2. The van der Waals surface area contributed by atoms with Crippen molar-refractivity contribution < 1.29 is 13.5 Å². The van der Waals surface area contributed by atoms with Gasteiger partial charge in [-0.05, 0) is 48.7 Å². The molecule has 7 heteroatoms. The Kier molecular flexibility index (Phi) is 8.27. The van der Waals surface area contributed by atoms with Gasteiger partial charge in [0.2, 0.25) is 0 Å². The Morgan fingerprint density at radius 3 is 2.81 bits per heavy atom. The van der Waals surface area contributed by atoms with Gasteiger partial charge in [-0.25, -0.2) is 13.8 Å². The van der Waals surface area contributed by atoms with Crippen molar-refractivity contribution in [3.8, 4) is 5.75 Å². The molecule has 0 fully saturated rings. The zero-order chi connectivity index (χ0) is 18.4. The summed E-state index contributed by atoms with van der Waals surface area (Å²) in [5.74, 6) is 0.649. The lowest BCUT2D eigenvalue weighted by Crippen LogP contribution is -2.38. The largest absolute Gasteiger partial charge is 0.493 e. The Morgan fingerprint density at radius 2 is 2.00 bits per heavy atom. The molecule has 0 saturated carbocycles. The van der Waals surface area contributed by atoms with E-state index in [1.807, 2.05) is 13.0 Å². The molecule has 0 radical (unpaired) electrons. The first-order valence-electron chi connectivity index (χ1n) is 8.86. The Labute approximate surface area is 175 Å². The monoisotopic (exact) mass is 487 g/mol. The minimum Gasteiger partial charge on any atom is -0.493 e. The van der Waals surface area contributed by atoms with Gasteiger partial charge in [0.25, 0.3) is 0 Å². The molecule has 4 nitrogen and oxygen atoms in total. The fourth-order valence-corrected chi connectivity index (χ4v) is 2.89. The first-order chi connectivity index (χ1) is 12.7. The number of hydrogen-bond donors (Lipinski definition) is 2. The molecule has 1 aliphatic heterocycles. The summed E-state index contributed by atoms with van der Waals surface area (Å²) < 4.78 is 32.5. The Balaban J connectivity index is 0.00000261. The molecule has 2 aromatic rings. The Morgan fingerprint density at radius 1 is 1.15 bits per heavy atom. The molecule has 1 heterocycles. The van der Waals surface area contributed by atoms with E-state index in [1.54, 1.807) is 0 Å². The lowest BCUT2D eigenvalue weighted by molar-refractivity contribution is 0.357. The number of guanidine groups is 1. The minimum absolute atomic E-state index is 0. The maximum Gasteiger partial charge on any atom is 0.191 e. The summed E-state index contributed by atoms with van der Waals surface area (Å²) in [6, 6.07) is 9.67. The number of rotatable bonds is 6. The highest BCUT2D eigenvalue weighted by atomic mass is 127. The standard InChI is InChI=1S/C20H23F2N3O.HI/c1-2-23-20(25-13-16-12-17(21)4-5-18(16)22)24-9-7-14-3-6-19-15(11-14)8-10-26-19;/h3-6,11-12H,2,7-10,13H2,1H3,(H2,23,24,25);1H. The maximum absolute atomic E-state index is 13.7. The molecule has 2 N–H and O–H groups in total. The zero-order valence-electron chi connectivity index (χ0n) is 15.2. The van der Waals surface area contributed by atoms with Crippen LogP contribution in [0.3, 0.4) is 0 Å². The van der Waals surface area contributed by atoms with Crippen LogP contribution in [0.2, 0.25) is 0 Å². The van der Waals surface area contributed by atoms with Gasteiger partial charge in [-0.3, -0.25) is 0 Å². The van der Waals surface area contributed by atoms with Crippen LogP contribution in [0, 0.1) is 11.6 Å². The summed E-state index contributed by atoms with van der Waals surface area (Å²) in [6.07, 6.45) is 1.80. The lowest BCUT2D eigenvalue weighted by Gasteiger charge is -2.12. The Bertz CT molecular complexity index is 799. The van der Waals surface area contributed by atoms with Crippen LogP contribution < -0.4 is 15.4 Å². The summed E-state index contributed by atoms with van der Waals surface area (Å²) in [5.41, 5.74) is 2.72. The highest BCUT2D eigenvalue weighted by Gasteiger charge is 2.11. The van der Waals surface area contributed by atoms with E-state index in [-0.39, 0.29) is 36.1 Å². The van der Waals surface area contributed by atoms with Crippen LogP contribution >= 0.6 is 24.0 Å². The third-order valence-corrected chi connectivity index (χ3v) is 4.22. The first kappa shape index (κ1) is 21.4. The number of benzene rings is 2. The van der Waals surface area contributed by atoms with Crippen LogP contribution in [0.5, 0.6) is 5.75 Å². The second-order valence-electron chi connectivity index (χ2n) is 6.15. The van der Waals surface area contributed by atoms with E-state index in [2.05, 4.69) is 27.8 Å². The van der Waals surface area contributed by atoms with Crippen LogP contribution in [0.4, 0.5) is 8.78 Å². The molecule has 0 amide bonds. The molecule has 2 aromatic carbocycles. The fraction of sp³-hybridized carbons (Fsp3) is 0.350. The van der Waals surface area contributed by atoms with Crippen molar-refractivity contribution in [2.75, 3.05) is 19.7 Å². The fourth-order valence-electron chi connectivity index (χ4n) is 2.89. The van der Waals surface area contributed by atoms with E-state index in [1.165, 1.54) is 17.2 Å². The molecule has 0 saturated heterocycles. The summed E-state index contributed by atoms with van der Waals surface area (Å²) in [5, 5.41) is 6.35. The van der Waals surface area contributed by atoms with Crippen LogP contribution in [0.1, 0.15) is 23.6 Å². The molecule has 0 aromatic heterocycles. The predicted molar refractivity (Wildman–Crippen MR) is 114 cm³/mol. The maximum atomic E-state index is 13.7. The van der Waals surface area contributed by atoms with Gasteiger partial charge in [0, 0.05) is 25.1 Å². The zero-order valence-corrected chi connectivity index (χ0v) is 17.6. The van der Waals surface area contributed by atoms with E-state index in [0.29, 0.717) is 19.0 Å². The molecule has 0 atom stereocenters. The van der Waals surface area contributed by atoms with Gasteiger partial charge in [0.05, 0.1) is 13.2 Å². The SMILES string of the molecule is CCNC(=NCc1cc(F)ccc1F)NCCc1ccc2c(c1)CCO2.I. The van der Waals surface area contributed by atoms with Gasteiger partial charge in [-0.15, -0.1) is 24.0 Å². The molecule has 1 aliphatic rings. The van der Waals surface area contributed by atoms with Gasteiger partial charge < -0.3 is 15.4 Å². The summed E-state index contributed by atoms with van der Waals surface area (Å²) >= 11 is 0. The van der Waals surface area contributed by atoms with E-state index in [4.69, 9.17) is 4.74 Å². The summed E-state index contributed by atoms with van der Waals surface area (Å²) in [4.78, 5) is 4.34.